The monoisotopic (exact) mass is 365 g/mol. The van der Waals surface area contributed by atoms with Crippen molar-refractivity contribution in [1.82, 2.24) is 19.9 Å². The molecule has 7 heteroatoms. The molecule has 0 aliphatic heterocycles. The zero-order valence-electron chi connectivity index (χ0n) is 15.8. The van der Waals surface area contributed by atoms with E-state index in [9.17, 15) is 0 Å². The summed E-state index contributed by atoms with van der Waals surface area (Å²) in [4.78, 5) is 19.3. The molecule has 140 valence electrons. The summed E-state index contributed by atoms with van der Waals surface area (Å²) < 4.78 is 11.4. The fraction of sp³-hybridized carbons (Fsp3) is 0.300. The van der Waals surface area contributed by atoms with Gasteiger partial charge in [-0.2, -0.15) is 0 Å². The molecule has 3 rings (SSSR count). The third-order valence-electron chi connectivity index (χ3n) is 4.08. The number of methoxy groups -OCH3 is 1. The Labute approximate surface area is 159 Å². The third-order valence-corrected chi connectivity index (χ3v) is 4.08. The van der Waals surface area contributed by atoms with Crippen molar-refractivity contribution in [3.05, 3.63) is 49.2 Å². The molecule has 7 nitrogen and oxygen atoms in total. The topological polar surface area (TPSA) is 73.3 Å². The Bertz CT molecular complexity index is 870. The van der Waals surface area contributed by atoms with Crippen molar-refractivity contribution in [1.29, 1.82) is 0 Å². The van der Waals surface area contributed by atoms with Gasteiger partial charge in [0.25, 0.3) is 0 Å². The van der Waals surface area contributed by atoms with Crippen LogP contribution in [0.15, 0.2) is 49.2 Å². The van der Waals surface area contributed by atoms with Gasteiger partial charge in [-0.05, 0) is 24.6 Å². The summed E-state index contributed by atoms with van der Waals surface area (Å²) in [6.07, 6.45) is 10.6. The third kappa shape index (κ3) is 4.49. The summed E-state index contributed by atoms with van der Waals surface area (Å²) in [7, 11) is 3.61. The normalized spacial score (nSPS) is 10.5. The van der Waals surface area contributed by atoms with Crippen LogP contribution in [0.1, 0.15) is 19.8 Å². The van der Waals surface area contributed by atoms with Gasteiger partial charge in [0, 0.05) is 43.3 Å². The van der Waals surface area contributed by atoms with Crippen molar-refractivity contribution >= 4 is 5.95 Å². The summed E-state index contributed by atoms with van der Waals surface area (Å²) >= 11 is 0. The lowest BCUT2D eigenvalue weighted by atomic mass is 10.1. The molecule has 0 bridgehead atoms. The Morgan fingerprint density at radius 1 is 1.00 bits per heavy atom. The number of aromatic nitrogens is 4. The molecular weight excluding hydrogens is 342 g/mol. The summed E-state index contributed by atoms with van der Waals surface area (Å²) in [5, 5.41) is 0. The van der Waals surface area contributed by atoms with Crippen LogP contribution in [0.5, 0.6) is 17.4 Å². The Hall–Kier alpha value is -3.22. The highest BCUT2D eigenvalue weighted by molar-refractivity contribution is 5.73. The first kappa shape index (κ1) is 18.6. The minimum absolute atomic E-state index is 0.444. The number of nitrogens with zero attached hydrogens (tertiary/aromatic N) is 5. The van der Waals surface area contributed by atoms with E-state index < -0.39 is 0 Å². The largest absolute Gasteiger partial charge is 0.496 e. The molecule has 0 atom stereocenters. The highest BCUT2D eigenvalue weighted by Gasteiger charge is 2.14. The summed E-state index contributed by atoms with van der Waals surface area (Å²) in [5.74, 6) is 2.34. The molecule has 3 aromatic heterocycles. The first-order chi connectivity index (χ1) is 13.2. The second-order valence-corrected chi connectivity index (χ2v) is 6.03. The first-order valence-corrected chi connectivity index (χ1v) is 8.87. The van der Waals surface area contributed by atoms with Crippen LogP contribution < -0.4 is 14.4 Å². The predicted molar refractivity (Wildman–Crippen MR) is 104 cm³/mol. The standard InChI is InChI=1S/C20H23N5O2/c1-4-5-11-25(2)20-23-12-15(13-24-20)27-19-16(7-6-9-22-19)17-14-21-10-8-18(17)26-3/h6-10,12-14H,4-5,11H2,1-3H3. The van der Waals surface area contributed by atoms with Crippen molar-refractivity contribution in [2.75, 3.05) is 25.6 Å². The number of rotatable bonds is 8. The van der Waals surface area contributed by atoms with E-state index in [1.54, 1.807) is 44.2 Å². The van der Waals surface area contributed by atoms with Crippen molar-refractivity contribution in [3.8, 4) is 28.5 Å². The lowest BCUT2D eigenvalue weighted by Gasteiger charge is -2.16. The minimum atomic E-state index is 0.444. The smallest absolute Gasteiger partial charge is 0.227 e. The van der Waals surface area contributed by atoms with Gasteiger partial charge in [-0.1, -0.05) is 13.3 Å². The quantitative estimate of drug-likeness (QED) is 0.598. The molecule has 0 radical (unpaired) electrons. The molecule has 0 aliphatic carbocycles. The second kappa shape index (κ2) is 8.93. The number of ether oxygens (including phenoxy) is 2. The number of unbranched alkanes of at least 4 members (excludes halogenated alkanes) is 1. The van der Waals surface area contributed by atoms with Crippen LogP contribution in [0.25, 0.3) is 11.1 Å². The lowest BCUT2D eigenvalue weighted by Crippen LogP contribution is -2.20. The van der Waals surface area contributed by atoms with Gasteiger partial charge in [0.1, 0.15) is 5.75 Å². The van der Waals surface area contributed by atoms with Crippen LogP contribution in [0.4, 0.5) is 5.95 Å². The molecular formula is C20H23N5O2. The van der Waals surface area contributed by atoms with Gasteiger partial charge < -0.3 is 14.4 Å². The average Bonchev–Trinajstić information content (AvgIpc) is 2.73. The molecule has 27 heavy (non-hydrogen) atoms. The molecule has 0 saturated carbocycles. The van der Waals surface area contributed by atoms with E-state index in [1.807, 2.05) is 24.1 Å². The van der Waals surface area contributed by atoms with Crippen molar-refractivity contribution in [3.63, 3.8) is 0 Å². The molecule has 0 N–H and O–H groups in total. The molecule has 0 unspecified atom stereocenters. The van der Waals surface area contributed by atoms with Crippen molar-refractivity contribution in [2.45, 2.75) is 19.8 Å². The molecule has 0 spiro atoms. The molecule has 0 amide bonds. The number of hydrogen-bond acceptors (Lipinski definition) is 7. The SMILES string of the molecule is CCCCN(C)c1ncc(Oc2ncccc2-c2cnccc2OC)cn1. The maximum atomic E-state index is 5.94. The first-order valence-electron chi connectivity index (χ1n) is 8.87. The Morgan fingerprint density at radius 2 is 1.81 bits per heavy atom. The van der Waals surface area contributed by atoms with Gasteiger partial charge in [0.05, 0.1) is 19.5 Å². The fourth-order valence-electron chi connectivity index (χ4n) is 2.61. The fourth-order valence-corrected chi connectivity index (χ4v) is 2.61. The minimum Gasteiger partial charge on any atom is -0.496 e. The molecule has 3 heterocycles. The summed E-state index contributed by atoms with van der Waals surface area (Å²) in [6.45, 7) is 3.08. The Morgan fingerprint density at radius 3 is 2.56 bits per heavy atom. The molecule has 0 fully saturated rings. The van der Waals surface area contributed by atoms with Crippen LogP contribution >= 0.6 is 0 Å². The summed E-state index contributed by atoms with van der Waals surface area (Å²) in [6, 6.07) is 5.56. The van der Waals surface area contributed by atoms with Gasteiger partial charge in [-0.15, -0.1) is 0 Å². The number of pyridine rings is 2. The van der Waals surface area contributed by atoms with Crippen LogP contribution in [-0.2, 0) is 0 Å². The summed E-state index contributed by atoms with van der Waals surface area (Å²) in [5.41, 5.74) is 1.59. The maximum Gasteiger partial charge on any atom is 0.227 e. The second-order valence-electron chi connectivity index (χ2n) is 6.03. The highest BCUT2D eigenvalue weighted by Crippen LogP contribution is 2.35. The van der Waals surface area contributed by atoms with E-state index in [1.165, 1.54) is 0 Å². The van der Waals surface area contributed by atoms with Crippen LogP contribution in [0, 0.1) is 0 Å². The number of hydrogen-bond donors (Lipinski definition) is 0. The van der Waals surface area contributed by atoms with Gasteiger partial charge in [0.15, 0.2) is 5.75 Å². The van der Waals surface area contributed by atoms with Gasteiger partial charge >= 0.3 is 0 Å². The Kier molecular flexibility index (Phi) is 6.14. The van der Waals surface area contributed by atoms with E-state index >= 15 is 0 Å². The van der Waals surface area contributed by atoms with Crippen LogP contribution in [-0.4, -0.2) is 40.6 Å². The number of anilines is 1. The maximum absolute atomic E-state index is 5.94. The molecule has 3 aromatic rings. The zero-order chi connectivity index (χ0) is 19.1. The van der Waals surface area contributed by atoms with Crippen LogP contribution in [0.2, 0.25) is 0 Å². The molecule has 0 aliphatic rings. The van der Waals surface area contributed by atoms with Gasteiger partial charge in [-0.25, -0.2) is 15.0 Å². The average molecular weight is 365 g/mol. The Balaban J connectivity index is 1.83. The predicted octanol–water partition coefficient (Wildman–Crippen LogP) is 3.97. The van der Waals surface area contributed by atoms with Gasteiger partial charge in [0.2, 0.25) is 11.8 Å². The van der Waals surface area contributed by atoms with E-state index in [-0.39, 0.29) is 0 Å². The van der Waals surface area contributed by atoms with Crippen molar-refractivity contribution < 1.29 is 9.47 Å². The van der Waals surface area contributed by atoms with E-state index in [2.05, 4.69) is 26.9 Å². The highest BCUT2D eigenvalue weighted by atomic mass is 16.5. The van der Waals surface area contributed by atoms with Crippen LogP contribution in [0.3, 0.4) is 0 Å². The van der Waals surface area contributed by atoms with Gasteiger partial charge in [-0.3, -0.25) is 4.98 Å². The lowest BCUT2D eigenvalue weighted by molar-refractivity contribution is 0.415. The van der Waals surface area contributed by atoms with E-state index in [4.69, 9.17) is 9.47 Å². The van der Waals surface area contributed by atoms with Crippen molar-refractivity contribution in [2.24, 2.45) is 0 Å². The molecule has 0 saturated heterocycles. The van der Waals surface area contributed by atoms with E-state index in [0.717, 1.165) is 30.5 Å². The molecule has 0 aromatic carbocycles. The van der Waals surface area contributed by atoms with E-state index in [0.29, 0.717) is 23.3 Å². The zero-order valence-corrected chi connectivity index (χ0v) is 15.8.